The third-order valence-corrected chi connectivity index (χ3v) is 11.9. The predicted octanol–water partition coefficient (Wildman–Crippen LogP) is 7.10. The topological polar surface area (TPSA) is 198 Å². The number of amides is 2. The molecule has 0 saturated carbocycles. The van der Waals surface area contributed by atoms with Crippen molar-refractivity contribution < 1.29 is 49.7 Å². The van der Waals surface area contributed by atoms with Crippen molar-refractivity contribution in [2.24, 2.45) is 0 Å². The molecule has 2 amide bonds. The number of unbranched alkanes of at least 4 members (excludes halogenated alkanes) is 19. The van der Waals surface area contributed by atoms with Crippen LogP contribution in [0, 0.1) is 0 Å². The predicted molar refractivity (Wildman–Crippen MR) is 240 cm³/mol. The fraction of sp³-hybridized carbons (Fsp3) is 0.714. The van der Waals surface area contributed by atoms with Gasteiger partial charge in [0.2, 0.25) is 5.91 Å². The van der Waals surface area contributed by atoms with Gasteiger partial charge in [-0.25, -0.2) is 0 Å². The Labute approximate surface area is 365 Å². The number of carbonyl (C=O) groups is 2. The van der Waals surface area contributed by atoms with Gasteiger partial charge >= 0.3 is 0 Å². The van der Waals surface area contributed by atoms with Gasteiger partial charge in [0.1, 0.15) is 30.5 Å². The second-order valence-corrected chi connectivity index (χ2v) is 17.1. The Hall–Kier alpha value is -2.94. The summed E-state index contributed by atoms with van der Waals surface area (Å²) in [6.07, 6.45) is 13.8. The Morgan fingerprint density at radius 1 is 0.656 bits per heavy atom. The van der Waals surface area contributed by atoms with Crippen LogP contribution >= 0.6 is 0 Å². The largest absolute Gasteiger partial charge is 0.394 e. The highest BCUT2D eigenvalue weighted by Crippen LogP contribution is 2.23. The Bertz CT molecular complexity index is 1410. The lowest BCUT2D eigenvalue weighted by Crippen LogP contribution is -2.60. The summed E-state index contributed by atoms with van der Waals surface area (Å²) in [7, 11) is 0. The second-order valence-electron chi connectivity index (χ2n) is 17.1. The molecule has 0 aromatic heterocycles. The van der Waals surface area contributed by atoms with Crippen molar-refractivity contribution in [2.45, 2.75) is 204 Å². The number of benzene rings is 2. The first-order chi connectivity index (χ1) is 29.7. The van der Waals surface area contributed by atoms with Crippen LogP contribution in [0.4, 0.5) is 0 Å². The summed E-state index contributed by atoms with van der Waals surface area (Å²) in [6, 6.07) is 16.7. The summed E-state index contributed by atoms with van der Waals surface area (Å²) < 4.78 is 11.1. The molecule has 0 bridgehead atoms. The number of aliphatic hydroxyl groups is 6. The Morgan fingerprint density at radius 3 is 1.75 bits per heavy atom. The molecule has 0 radical (unpaired) electrons. The minimum Gasteiger partial charge on any atom is -0.394 e. The number of aliphatic hydroxyl groups excluding tert-OH is 6. The molecule has 0 unspecified atom stereocenters. The van der Waals surface area contributed by atoms with Gasteiger partial charge in [-0.3, -0.25) is 9.59 Å². The zero-order valence-corrected chi connectivity index (χ0v) is 37.0. The average molecular weight is 857 g/mol. The van der Waals surface area contributed by atoms with E-state index in [1.807, 2.05) is 42.5 Å². The Balaban J connectivity index is 1.29. The van der Waals surface area contributed by atoms with Crippen LogP contribution in [0.3, 0.4) is 0 Å². The minimum atomic E-state index is -1.63. The van der Waals surface area contributed by atoms with Gasteiger partial charge in [0, 0.05) is 18.5 Å². The van der Waals surface area contributed by atoms with Gasteiger partial charge in [0.05, 0.1) is 25.4 Å². The molecular formula is C49H80N2O10. The number of hydrogen-bond donors (Lipinski definition) is 8. The maximum atomic E-state index is 13.0. The first-order valence-electron chi connectivity index (χ1n) is 23.7. The van der Waals surface area contributed by atoms with Gasteiger partial charge in [-0.1, -0.05) is 171 Å². The first kappa shape index (κ1) is 52.4. The van der Waals surface area contributed by atoms with Gasteiger partial charge in [0.25, 0.3) is 5.91 Å². The van der Waals surface area contributed by atoms with Crippen molar-refractivity contribution in [3.05, 3.63) is 60.2 Å². The number of carbonyl (C=O) groups excluding carboxylic acids is 2. The van der Waals surface area contributed by atoms with Gasteiger partial charge in [-0.15, -0.1) is 0 Å². The van der Waals surface area contributed by atoms with E-state index in [0.717, 1.165) is 88.2 Å². The summed E-state index contributed by atoms with van der Waals surface area (Å²) in [5.74, 6) is -0.348. The quantitative estimate of drug-likeness (QED) is 0.0336. The average Bonchev–Trinajstić information content (AvgIpc) is 3.28. The molecule has 12 nitrogen and oxygen atoms in total. The lowest BCUT2D eigenvalue weighted by molar-refractivity contribution is -0.303. The molecule has 1 saturated heterocycles. The summed E-state index contributed by atoms with van der Waals surface area (Å²) in [5.41, 5.74) is 2.87. The van der Waals surface area contributed by atoms with Crippen molar-refractivity contribution >= 4 is 11.8 Å². The van der Waals surface area contributed by atoms with Crippen LogP contribution < -0.4 is 10.6 Å². The molecule has 1 aliphatic heterocycles. The maximum absolute atomic E-state index is 13.0. The minimum absolute atomic E-state index is 0.0518. The number of hydrogen-bond acceptors (Lipinski definition) is 10. The SMILES string of the molecule is CCCCCCCCCCCCCC[C@@H](O)[C@@H](O)[C@H](CO[C@H]1O[C@H](CO)[C@H](O)[C@H](O)[C@H]1O)NC(=O)CCCCCCCCCCCNC(=O)c1ccc(-c2ccccc2)cc1. The first-order valence-corrected chi connectivity index (χ1v) is 23.7. The Kier molecular flexibility index (Phi) is 27.3. The fourth-order valence-corrected chi connectivity index (χ4v) is 7.94. The lowest BCUT2D eigenvalue weighted by atomic mass is 9.98. The highest BCUT2D eigenvalue weighted by molar-refractivity contribution is 5.94. The van der Waals surface area contributed by atoms with E-state index in [4.69, 9.17) is 9.47 Å². The zero-order valence-electron chi connectivity index (χ0n) is 37.0. The van der Waals surface area contributed by atoms with E-state index in [9.17, 15) is 40.2 Å². The molecule has 3 rings (SSSR count). The van der Waals surface area contributed by atoms with E-state index in [0.29, 0.717) is 24.9 Å². The summed E-state index contributed by atoms with van der Waals surface area (Å²) in [4.78, 5) is 25.6. The summed E-state index contributed by atoms with van der Waals surface area (Å²) in [6.45, 7) is 1.94. The van der Waals surface area contributed by atoms with Crippen LogP contribution in [0.25, 0.3) is 11.1 Å². The molecule has 1 aliphatic rings. The third kappa shape index (κ3) is 20.9. The van der Waals surface area contributed by atoms with E-state index in [-0.39, 0.29) is 24.8 Å². The van der Waals surface area contributed by atoms with Crippen LogP contribution in [0.2, 0.25) is 0 Å². The molecular weight excluding hydrogens is 777 g/mol. The fourth-order valence-electron chi connectivity index (χ4n) is 7.94. The Morgan fingerprint density at radius 2 is 1.18 bits per heavy atom. The lowest BCUT2D eigenvalue weighted by Gasteiger charge is -2.40. The zero-order chi connectivity index (χ0) is 44.1. The standard InChI is InChI=1S/C49H80N2O10/c1-2-3-4-5-6-7-8-9-11-14-17-23-28-41(53)44(55)40(36-60-49-47(58)46(57)45(56)42(35-52)61-49)51-43(54)29-24-18-15-12-10-13-16-19-25-34-50-48(59)39-32-30-38(31-33-39)37-26-21-20-22-27-37/h20-22,26-27,30-33,40-42,44-47,49,52-53,55-58H,2-19,23-25,28-29,34-36H2,1H3,(H,50,59)(H,51,54)/t40-,41+,42+,44-,45-,46-,47+,49-/m0/s1. The molecule has 2 aromatic rings. The van der Waals surface area contributed by atoms with Crippen LogP contribution in [0.1, 0.15) is 165 Å². The number of ether oxygens (including phenoxy) is 2. The molecule has 2 aromatic carbocycles. The van der Waals surface area contributed by atoms with Crippen molar-refractivity contribution in [1.82, 2.24) is 10.6 Å². The van der Waals surface area contributed by atoms with E-state index in [1.54, 1.807) is 0 Å². The van der Waals surface area contributed by atoms with Crippen LogP contribution in [0.15, 0.2) is 54.6 Å². The van der Waals surface area contributed by atoms with Gasteiger partial charge in [-0.2, -0.15) is 0 Å². The molecule has 8 atom stereocenters. The van der Waals surface area contributed by atoms with E-state index < -0.39 is 55.6 Å². The van der Waals surface area contributed by atoms with Crippen molar-refractivity contribution in [3.8, 4) is 11.1 Å². The van der Waals surface area contributed by atoms with Crippen LogP contribution in [-0.2, 0) is 14.3 Å². The van der Waals surface area contributed by atoms with Gasteiger partial charge in [-0.05, 0) is 42.5 Å². The maximum Gasteiger partial charge on any atom is 0.251 e. The molecule has 61 heavy (non-hydrogen) atoms. The second kappa shape index (κ2) is 31.8. The monoisotopic (exact) mass is 857 g/mol. The van der Waals surface area contributed by atoms with Gasteiger partial charge < -0.3 is 50.7 Å². The highest BCUT2D eigenvalue weighted by atomic mass is 16.7. The molecule has 1 fully saturated rings. The van der Waals surface area contributed by atoms with E-state index in [1.165, 1.54) is 51.4 Å². The molecule has 346 valence electrons. The molecule has 0 spiro atoms. The van der Waals surface area contributed by atoms with Crippen molar-refractivity contribution in [3.63, 3.8) is 0 Å². The normalized spacial score (nSPS) is 20.5. The number of nitrogens with one attached hydrogen (secondary N) is 2. The molecule has 1 heterocycles. The molecule has 8 N–H and O–H groups in total. The van der Waals surface area contributed by atoms with Gasteiger partial charge in [0.15, 0.2) is 6.29 Å². The number of rotatable bonds is 34. The summed E-state index contributed by atoms with van der Waals surface area (Å²) in [5, 5.41) is 68.2. The van der Waals surface area contributed by atoms with Crippen LogP contribution in [-0.4, -0.2) is 111 Å². The summed E-state index contributed by atoms with van der Waals surface area (Å²) >= 11 is 0. The van der Waals surface area contributed by atoms with Crippen LogP contribution in [0.5, 0.6) is 0 Å². The van der Waals surface area contributed by atoms with E-state index in [2.05, 4.69) is 29.7 Å². The highest BCUT2D eigenvalue weighted by Gasteiger charge is 2.44. The van der Waals surface area contributed by atoms with Crippen molar-refractivity contribution in [1.29, 1.82) is 0 Å². The molecule has 0 aliphatic carbocycles. The molecule has 12 heteroatoms. The van der Waals surface area contributed by atoms with E-state index >= 15 is 0 Å². The third-order valence-electron chi connectivity index (χ3n) is 11.9. The smallest absolute Gasteiger partial charge is 0.251 e. The van der Waals surface area contributed by atoms with Crippen molar-refractivity contribution in [2.75, 3.05) is 19.8 Å².